The van der Waals surface area contributed by atoms with Gasteiger partial charge < -0.3 is 15.0 Å². The Labute approximate surface area is 189 Å². The maximum Gasteiger partial charge on any atom is 0.332 e. The van der Waals surface area contributed by atoms with Gasteiger partial charge in [0.05, 0.1) is 12.4 Å². The number of nitrogens with one attached hydrogen (secondary N) is 1. The van der Waals surface area contributed by atoms with Crippen molar-refractivity contribution in [2.24, 2.45) is 14.1 Å². The molecule has 1 unspecified atom stereocenters. The average molecular weight is 447 g/mol. The minimum absolute atomic E-state index is 0.254. The largest absolute Gasteiger partial charge is 0.388 e. The number of rotatable bonds is 7. The van der Waals surface area contributed by atoms with E-state index in [-0.39, 0.29) is 11.2 Å². The summed E-state index contributed by atoms with van der Waals surface area (Å²) in [7, 11) is 3.17. The molecule has 33 heavy (non-hydrogen) atoms. The maximum absolute atomic E-state index is 12.8. The van der Waals surface area contributed by atoms with Crippen molar-refractivity contribution in [3.8, 4) is 0 Å². The van der Waals surface area contributed by atoms with Gasteiger partial charge in [-0.2, -0.15) is 0 Å². The van der Waals surface area contributed by atoms with Crippen molar-refractivity contribution in [1.29, 1.82) is 0 Å². The molecule has 0 fully saturated rings. The molecule has 0 bridgehead atoms. The van der Waals surface area contributed by atoms with Crippen molar-refractivity contribution < 1.29 is 9.90 Å². The molecule has 0 aliphatic carbocycles. The Morgan fingerprint density at radius 1 is 1.09 bits per heavy atom. The van der Waals surface area contributed by atoms with Crippen LogP contribution in [-0.4, -0.2) is 29.7 Å². The lowest BCUT2D eigenvalue weighted by atomic mass is 10.0. The third-order valence-electron chi connectivity index (χ3n) is 5.60. The summed E-state index contributed by atoms with van der Waals surface area (Å²) in [5, 5.41) is 13.1. The van der Waals surface area contributed by atoms with Gasteiger partial charge in [0.2, 0.25) is 5.91 Å². The molecular formula is C24H25N5O4. The van der Waals surface area contributed by atoms with Crippen molar-refractivity contribution in [3.63, 3.8) is 0 Å². The molecule has 170 valence electrons. The summed E-state index contributed by atoms with van der Waals surface area (Å²) in [6.45, 7) is -0.413. The molecule has 1 atom stereocenters. The molecule has 9 nitrogen and oxygen atoms in total. The summed E-state index contributed by atoms with van der Waals surface area (Å²) < 4.78 is 3.68. The summed E-state index contributed by atoms with van der Waals surface area (Å²) in [6, 6.07) is 16.7. The van der Waals surface area contributed by atoms with Crippen LogP contribution in [0.15, 0.2) is 70.5 Å². The van der Waals surface area contributed by atoms with Gasteiger partial charge in [0.25, 0.3) is 5.56 Å². The number of aryl methyl sites for hydroxylation is 3. The van der Waals surface area contributed by atoms with Gasteiger partial charge in [-0.3, -0.25) is 14.2 Å². The van der Waals surface area contributed by atoms with Crippen molar-refractivity contribution in [3.05, 3.63) is 92.9 Å². The van der Waals surface area contributed by atoms with Crippen LogP contribution in [0, 0.1) is 0 Å². The van der Waals surface area contributed by atoms with Crippen LogP contribution in [0.1, 0.15) is 23.7 Å². The zero-order valence-corrected chi connectivity index (χ0v) is 18.4. The Balaban J connectivity index is 1.46. The summed E-state index contributed by atoms with van der Waals surface area (Å²) in [4.78, 5) is 42.1. The number of carbonyl (C=O) groups is 1. The number of benzene rings is 2. The van der Waals surface area contributed by atoms with E-state index >= 15 is 0 Å². The summed E-state index contributed by atoms with van der Waals surface area (Å²) in [6.07, 6.45) is 2.04. The number of aliphatic hydroxyl groups excluding tert-OH is 1. The van der Waals surface area contributed by atoms with E-state index in [1.807, 2.05) is 48.5 Å². The molecule has 0 saturated heterocycles. The second kappa shape index (κ2) is 9.25. The summed E-state index contributed by atoms with van der Waals surface area (Å²) in [5.41, 5.74) is 1.72. The average Bonchev–Trinajstić information content (AvgIpc) is 3.21. The second-order valence-corrected chi connectivity index (χ2v) is 7.97. The first-order chi connectivity index (χ1) is 15.8. The second-order valence-electron chi connectivity index (χ2n) is 7.97. The Kier molecular flexibility index (Phi) is 6.23. The number of hydrogen-bond donors (Lipinski definition) is 2. The Morgan fingerprint density at radius 2 is 1.85 bits per heavy atom. The highest BCUT2D eigenvalue weighted by molar-refractivity contribution is 5.90. The highest BCUT2D eigenvalue weighted by Crippen LogP contribution is 2.20. The number of nitrogens with zero attached hydrogens (tertiary/aromatic N) is 4. The number of anilines is 1. The quantitative estimate of drug-likeness (QED) is 0.448. The predicted molar refractivity (Wildman–Crippen MR) is 125 cm³/mol. The number of hydrogen-bond acceptors (Lipinski definition) is 5. The molecule has 0 aliphatic heterocycles. The van der Waals surface area contributed by atoms with Gasteiger partial charge >= 0.3 is 5.69 Å². The normalized spacial score (nSPS) is 12.1. The number of fused-ring (bicyclic) bond motifs is 1. The first-order valence-corrected chi connectivity index (χ1v) is 10.6. The van der Waals surface area contributed by atoms with Crippen LogP contribution in [0.3, 0.4) is 0 Å². The molecule has 2 aromatic heterocycles. The SMILES string of the molecule is Cn1cnc2c1c(=O)n(CC(=O)Nc1cccc(CCC(O)c3ccccc3)c1)c(=O)n2C. The molecule has 4 aromatic rings. The number of imidazole rings is 1. The molecular weight excluding hydrogens is 422 g/mol. The fourth-order valence-electron chi connectivity index (χ4n) is 3.83. The van der Waals surface area contributed by atoms with Crippen LogP contribution >= 0.6 is 0 Å². The highest BCUT2D eigenvalue weighted by atomic mass is 16.3. The van der Waals surface area contributed by atoms with Gasteiger partial charge in [0, 0.05) is 19.8 Å². The molecule has 0 radical (unpaired) electrons. The lowest BCUT2D eigenvalue weighted by molar-refractivity contribution is -0.116. The number of aliphatic hydroxyl groups is 1. The first-order valence-electron chi connectivity index (χ1n) is 10.6. The van der Waals surface area contributed by atoms with Gasteiger partial charge in [0.15, 0.2) is 11.2 Å². The first kappa shape index (κ1) is 22.2. The smallest absolute Gasteiger partial charge is 0.332 e. The Bertz CT molecular complexity index is 1420. The zero-order chi connectivity index (χ0) is 23.5. The molecule has 0 aliphatic rings. The van der Waals surface area contributed by atoms with Crippen LogP contribution < -0.4 is 16.6 Å². The molecule has 2 heterocycles. The molecule has 0 saturated carbocycles. The molecule has 9 heteroatoms. The number of amides is 1. The Hall–Kier alpha value is -3.98. The lowest BCUT2D eigenvalue weighted by Crippen LogP contribution is -2.42. The van der Waals surface area contributed by atoms with Crippen LogP contribution in [0.2, 0.25) is 0 Å². The number of aromatic nitrogens is 4. The zero-order valence-electron chi connectivity index (χ0n) is 18.4. The van der Waals surface area contributed by atoms with E-state index in [4.69, 9.17) is 0 Å². The van der Waals surface area contributed by atoms with Gasteiger partial charge in [-0.25, -0.2) is 14.3 Å². The molecule has 2 aromatic carbocycles. The summed E-state index contributed by atoms with van der Waals surface area (Å²) in [5.74, 6) is -0.489. The van der Waals surface area contributed by atoms with E-state index in [2.05, 4.69) is 10.3 Å². The van der Waals surface area contributed by atoms with E-state index in [1.165, 1.54) is 22.5 Å². The minimum Gasteiger partial charge on any atom is -0.388 e. The van der Waals surface area contributed by atoms with Crippen molar-refractivity contribution in [2.75, 3.05) is 5.32 Å². The monoisotopic (exact) mass is 447 g/mol. The van der Waals surface area contributed by atoms with Crippen LogP contribution in [-0.2, 0) is 31.9 Å². The Morgan fingerprint density at radius 3 is 2.61 bits per heavy atom. The van der Waals surface area contributed by atoms with E-state index < -0.39 is 29.8 Å². The topological polar surface area (TPSA) is 111 Å². The standard InChI is InChI=1S/C24H25N5O4/c1-27-15-25-22-21(27)23(32)29(24(33)28(22)2)14-20(31)26-18-10-6-7-16(13-18)11-12-19(30)17-8-4-3-5-9-17/h3-10,13,15,19,30H,11-12,14H2,1-2H3,(H,26,31). The van der Waals surface area contributed by atoms with E-state index in [0.29, 0.717) is 18.5 Å². The van der Waals surface area contributed by atoms with E-state index in [1.54, 1.807) is 13.1 Å². The van der Waals surface area contributed by atoms with E-state index in [9.17, 15) is 19.5 Å². The van der Waals surface area contributed by atoms with Crippen LogP contribution in [0.5, 0.6) is 0 Å². The summed E-state index contributed by atoms with van der Waals surface area (Å²) >= 11 is 0. The van der Waals surface area contributed by atoms with Crippen molar-refractivity contribution in [1.82, 2.24) is 18.7 Å². The van der Waals surface area contributed by atoms with Crippen molar-refractivity contribution >= 4 is 22.8 Å². The van der Waals surface area contributed by atoms with Crippen LogP contribution in [0.4, 0.5) is 5.69 Å². The maximum atomic E-state index is 12.8. The third-order valence-corrected chi connectivity index (χ3v) is 5.60. The third kappa shape index (κ3) is 4.63. The van der Waals surface area contributed by atoms with Gasteiger partial charge in [-0.15, -0.1) is 0 Å². The lowest BCUT2D eigenvalue weighted by Gasteiger charge is -2.12. The molecule has 1 amide bonds. The predicted octanol–water partition coefficient (Wildman–Crippen LogP) is 1.74. The molecule has 0 spiro atoms. The van der Waals surface area contributed by atoms with Gasteiger partial charge in [0.1, 0.15) is 6.54 Å². The highest BCUT2D eigenvalue weighted by Gasteiger charge is 2.17. The van der Waals surface area contributed by atoms with Gasteiger partial charge in [-0.1, -0.05) is 42.5 Å². The number of carbonyl (C=O) groups excluding carboxylic acids is 1. The molecule has 4 rings (SSSR count). The van der Waals surface area contributed by atoms with Gasteiger partial charge in [-0.05, 0) is 36.1 Å². The molecule has 2 N–H and O–H groups in total. The van der Waals surface area contributed by atoms with Crippen molar-refractivity contribution in [2.45, 2.75) is 25.5 Å². The fraction of sp³-hybridized carbons (Fsp3) is 0.250. The van der Waals surface area contributed by atoms with Crippen LogP contribution in [0.25, 0.3) is 11.2 Å². The fourth-order valence-corrected chi connectivity index (χ4v) is 3.83. The minimum atomic E-state index is -0.606. The van der Waals surface area contributed by atoms with E-state index in [0.717, 1.165) is 15.7 Å².